The smallest absolute Gasteiger partial charge is 0.143 e. The Morgan fingerprint density at radius 2 is 0.809 bits per heavy atom. The number of hydrogen-bond donors (Lipinski definition) is 0. The lowest BCUT2D eigenvalue weighted by molar-refractivity contribution is 0.632. The van der Waals surface area contributed by atoms with Gasteiger partial charge < -0.3 is 4.42 Å². The van der Waals surface area contributed by atoms with Gasteiger partial charge in [-0.2, -0.15) is 0 Å². The molecular weight excluding hydrogens is 569 g/mol. The maximum absolute atomic E-state index is 9.48. The van der Waals surface area contributed by atoms with Gasteiger partial charge >= 0.3 is 0 Å². The van der Waals surface area contributed by atoms with Gasteiger partial charge in [-0.1, -0.05) is 170 Å². The Labute approximate surface area is 290 Å². The normalized spacial score (nSPS) is 15.0. The molecule has 1 nitrogen and oxygen atoms in total. The van der Waals surface area contributed by atoms with Crippen molar-refractivity contribution < 1.29 is 20.9 Å². The van der Waals surface area contributed by atoms with Gasteiger partial charge in [0.1, 0.15) is 11.3 Å². The van der Waals surface area contributed by atoms with Crippen molar-refractivity contribution in [1.29, 1.82) is 0 Å². The SMILES string of the molecule is [2H]c1c([2H])c(-c2oc3cc(-c4ccccc4)ccc3c2-c2c3c([2H])c([2H])c([2H])c([2H])c3c(-c3ccccc3)c3c([2H])c([2H])c([2H])c([2H])c23)c([2H])c([2H])c1-c1ccccc1. The minimum atomic E-state index is -0.583. The lowest BCUT2D eigenvalue weighted by Crippen LogP contribution is -1.91. The summed E-state index contributed by atoms with van der Waals surface area (Å²) in [5.41, 5.74) is 2.79. The molecular formula is C46H30O. The van der Waals surface area contributed by atoms with Crippen LogP contribution in [0.4, 0.5) is 0 Å². The minimum Gasteiger partial charge on any atom is -0.455 e. The van der Waals surface area contributed by atoms with E-state index in [-0.39, 0.29) is 72.8 Å². The Bertz CT molecular complexity index is 3110. The molecule has 0 atom stereocenters. The van der Waals surface area contributed by atoms with Crippen molar-refractivity contribution in [1.82, 2.24) is 0 Å². The van der Waals surface area contributed by atoms with Crippen molar-refractivity contribution in [3.8, 4) is 55.8 Å². The summed E-state index contributed by atoms with van der Waals surface area (Å²) in [6.07, 6.45) is 0. The van der Waals surface area contributed by atoms with Crippen LogP contribution in [0, 0.1) is 0 Å². The molecule has 0 aliphatic rings. The summed E-state index contributed by atoms with van der Waals surface area (Å²) in [5, 5.41) is 0.197. The minimum absolute atomic E-state index is 0.00471. The van der Waals surface area contributed by atoms with E-state index in [2.05, 4.69) is 0 Å². The largest absolute Gasteiger partial charge is 0.455 e. The van der Waals surface area contributed by atoms with Gasteiger partial charge in [-0.15, -0.1) is 0 Å². The van der Waals surface area contributed by atoms with Crippen molar-refractivity contribution in [3.05, 3.63) is 182 Å². The summed E-state index contributed by atoms with van der Waals surface area (Å²) in [5.74, 6) is -0.170. The molecule has 1 aromatic heterocycles. The Morgan fingerprint density at radius 3 is 1.36 bits per heavy atom. The Balaban J connectivity index is 1.56. The summed E-state index contributed by atoms with van der Waals surface area (Å²) in [6.45, 7) is 0. The predicted octanol–water partition coefficient (Wildman–Crippen LogP) is 13.1. The maximum atomic E-state index is 9.48. The van der Waals surface area contributed by atoms with Gasteiger partial charge in [0.15, 0.2) is 0 Å². The van der Waals surface area contributed by atoms with Gasteiger partial charge in [-0.3, -0.25) is 0 Å². The zero-order chi connectivity index (χ0) is 41.6. The van der Waals surface area contributed by atoms with E-state index in [9.17, 15) is 11.0 Å². The molecule has 0 spiro atoms. The average molecular weight is 611 g/mol. The molecule has 0 fully saturated rings. The first-order chi connectivity index (χ1) is 28.3. The molecule has 220 valence electrons. The highest BCUT2D eigenvalue weighted by molar-refractivity contribution is 6.25. The number of hydrogen-bond acceptors (Lipinski definition) is 1. The van der Waals surface area contributed by atoms with Crippen LogP contribution in [0.1, 0.15) is 16.4 Å². The highest BCUT2D eigenvalue weighted by Gasteiger charge is 2.24. The third-order valence-electron chi connectivity index (χ3n) is 8.40. The third-order valence-corrected chi connectivity index (χ3v) is 8.40. The topological polar surface area (TPSA) is 13.1 Å². The highest BCUT2D eigenvalue weighted by Crippen LogP contribution is 2.50. The van der Waals surface area contributed by atoms with Gasteiger partial charge in [-0.25, -0.2) is 0 Å². The van der Waals surface area contributed by atoms with Gasteiger partial charge in [0.25, 0.3) is 0 Å². The van der Waals surface area contributed by atoms with Crippen molar-refractivity contribution in [2.24, 2.45) is 0 Å². The van der Waals surface area contributed by atoms with Crippen LogP contribution in [0.2, 0.25) is 0 Å². The quantitative estimate of drug-likeness (QED) is 0.177. The molecule has 47 heavy (non-hydrogen) atoms. The molecule has 0 amide bonds. The molecule has 1 heteroatoms. The summed E-state index contributed by atoms with van der Waals surface area (Å²) >= 11 is 0. The zero-order valence-corrected chi connectivity index (χ0v) is 24.8. The molecule has 8 aromatic carbocycles. The molecule has 0 unspecified atom stereocenters. The van der Waals surface area contributed by atoms with Gasteiger partial charge in [0.2, 0.25) is 0 Å². The number of rotatable bonds is 5. The first kappa shape index (κ1) is 17.5. The summed E-state index contributed by atoms with van der Waals surface area (Å²) in [6, 6.07) is 26.3. The highest BCUT2D eigenvalue weighted by atomic mass is 16.3. The first-order valence-electron chi connectivity index (χ1n) is 21.1. The van der Waals surface area contributed by atoms with Crippen LogP contribution in [0.5, 0.6) is 0 Å². The fourth-order valence-corrected chi connectivity index (χ4v) is 6.27. The van der Waals surface area contributed by atoms with Crippen LogP contribution in [0.15, 0.2) is 186 Å². The van der Waals surface area contributed by atoms with Crippen LogP contribution in [-0.2, 0) is 0 Å². The molecule has 0 bridgehead atoms. The van der Waals surface area contributed by atoms with Crippen LogP contribution in [0.3, 0.4) is 0 Å². The standard InChI is InChI=1S/C46H30O/c1-4-14-31(15-5-1)33-24-26-35(27-25-33)46-45(41-29-28-36(30-42(41)47-46)32-16-6-2-7-17-32)44-39-22-12-10-20-37(39)43(34-18-8-3-9-19-34)38-21-11-13-23-40(38)44/h1-30H/i10D,11D,12D,13D,20D,21D,22D,23D,24D,25D,26D,27D. The van der Waals surface area contributed by atoms with Crippen molar-refractivity contribution >= 4 is 32.5 Å². The van der Waals surface area contributed by atoms with Crippen molar-refractivity contribution in [2.75, 3.05) is 0 Å². The molecule has 0 aliphatic carbocycles. The van der Waals surface area contributed by atoms with Gasteiger partial charge in [0, 0.05) is 22.1 Å². The molecule has 9 rings (SSSR count). The lowest BCUT2D eigenvalue weighted by atomic mass is 9.84. The molecule has 0 saturated carbocycles. The fourth-order valence-electron chi connectivity index (χ4n) is 6.27. The van der Waals surface area contributed by atoms with Crippen molar-refractivity contribution in [3.63, 3.8) is 0 Å². The Morgan fingerprint density at radius 1 is 0.340 bits per heavy atom. The van der Waals surface area contributed by atoms with E-state index in [1.165, 1.54) is 0 Å². The van der Waals surface area contributed by atoms with Crippen LogP contribution >= 0.6 is 0 Å². The van der Waals surface area contributed by atoms with E-state index in [4.69, 9.17) is 9.90 Å². The van der Waals surface area contributed by atoms with Crippen molar-refractivity contribution in [2.45, 2.75) is 0 Å². The van der Waals surface area contributed by atoms with E-state index in [1.807, 2.05) is 36.4 Å². The predicted molar refractivity (Wildman–Crippen MR) is 198 cm³/mol. The fraction of sp³-hybridized carbons (Fsp3) is 0. The third kappa shape index (κ3) is 4.64. The van der Waals surface area contributed by atoms with Gasteiger partial charge in [0.05, 0.1) is 16.4 Å². The average Bonchev–Trinajstić information content (AvgIpc) is 3.63. The molecule has 0 aliphatic heterocycles. The lowest BCUT2D eigenvalue weighted by Gasteiger charge is -2.18. The summed E-state index contributed by atoms with van der Waals surface area (Å²) < 4.78 is 117. The second-order valence-electron chi connectivity index (χ2n) is 11.1. The first-order valence-corrected chi connectivity index (χ1v) is 15.1. The Kier molecular flexibility index (Phi) is 4.21. The van der Waals surface area contributed by atoms with E-state index >= 15 is 0 Å². The number of benzene rings is 8. The zero-order valence-electron chi connectivity index (χ0n) is 36.8. The van der Waals surface area contributed by atoms with Crippen LogP contribution in [0.25, 0.3) is 88.3 Å². The molecule has 0 saturated heterocycles. The monoisotopic (exact) mass is 610 g/mol. The Hall–Kier alpha value is -6.18. The molecule has 0 radical (unpaired) electrons. The molecule has 0 N–H and O–H groups in total. The molecule has 1 heterocycles. The molecule has 9 aromatic rings. The van der Waals surface area contributed by atoms with Crippen LogP contribution in [-0.4, -0.2) is 0 Å². The number of furan rings is 1. The number of fused-ring (bicyclic) bond motifs is 3. The van der Waals surface area contributed by atoms with Gasteiger partial charge in [-0.05, 0) is 67.1 Å². The van der Waals surface area contributed by atoms with E-state index in [1.54, 1.807) is 72.8 Å². The summed E-state index contributed by atoms with van der Waals surface area (Å²) in [4.78, 5) is 0. The van der Waals surface area contributed by atoms with E-state index in [0.29, 0.717) is 16.5 Å². The second-order valence-corrected chi connectivity index (χ2v) is 11.1. The second kappa shape index (κ2) is 11.3. The van der Waals surface area contributed by atoms with E-state index in [0.717, 1.165) is 11.1 Å². The summed E-state index contributed by atoms with van der Waals surface area (Å²) in [7, 11) is 0. The maximum Gasteiger partial charge on any atom is 0.143 e. The van der Waals surface area contributed by atoms with Crippen LogP contribution < -0.4 is 0 Å². The van der Waals surface area contributed by atoms with E-state index < -0.39 is 60.4 Å².